The zero-order valence-electron chi connectivity index (χ0n) is 41.4. The Morgan fingerprint density at radius 2 is 1.06 bits per heavy atom. The van der Waals surface area contributed by atoms with Crippen LogP contribution in [-0.2, 0) is 28.5 Å². The van der Waals surface area contributed by atoms with Crippen molar-refractivity contribution in [3.05, 3.63) is 48.0 Å². The first-order chi connectivity index (χ1) is 30.4. The molecule has 0 amide bonds. The average Bonchev–Trinajstić information content (AvgIpc) is 3.25. The van der Waals surface area contributed by atoms with E-state index in [1.54, 1.807) is 0 Å². The zero-order valence-corrected chi connectivity index (χ0v) is 41.4. The van der Waals surface area contributed by atoms with Crippen molar-refractivity contribution in [2.75, 3.05) is 47.1 Å². The number of carbonyl (C=O) groups is 2. The summed E-state index contributed by atoms with van der Waals surface area (Å²) >= 11 is 0. The summed E-state index contributed by atoms with van der Waals surface area (Å²) in [5, 5.41) is 0. The molecule has 0 N–H and O–H groups in total. The molecule has 1 aliphatic rings. The van der Waals surface area contributed by atoms with Crippen molar-refractivity contribution in [2.45, 2.75) is 233 Å². The van der Waals surface area contributed by atoms with Gasteiger partial charge >= 0.3 is 11.9 Å². The van der Waals surface area contributed by atoms with Gasteiger partial charge in [-0.15, -0.1) is 0 Å². The standard InChI is InChI=1S/C55H99NO6/c1-6-9-12-15-18-19-20-21-22-23-24-25-26-27-30-33-40-54(57)61-43-36-34-41-59-52-45-51(49-56(4)5)46-53(48-52)60-42-35-37-44-62-55(58)47-50(38-31-28-16-13-10-7-2)39-32-29-17-14-11-8-3/h19-20,22-23,46,48,50-51H,6-18,21,24-45,47,49H2,1-5H3/b20-19-,23-22-. The van der Waals surface area contributed by atoms with Crippen LogP contribution in [0.25, 0.3) is 0 Å². The van der Waals surface area contributed by atoms with Gasteiger partial charge in [0.1, 0.15) is 11.5 Å². The molecule has 360 valence electrons. The number of ether oxygens (including phenoxy) is 4. The number of hydrogen-bond acceptors (Lipinski definition) is 7. The summed E-state index contributed by atoms with van der Waals surface area (Å²) in [6.45, 7) is 9.80. The normalized spacial score (nSPS) is 14.3. The molecule has 0 saturated carbocycles. The van der Waals surface area contributed by atoms with Gasteiger partial charge in [0.25, 0.3) is 0 Å². The van der Waals surface area contributed by atoms with E-state index in [0.717, 1.165) is 88.7 Å². The van der Waals surface area contributed by atoms with Crippen molar-refractivity contribution in [2.24, 2.45) is 11.8 Å². The van der Waals surface area contributed by atoms with E-state index < -0.39 is 0 Å². The number of allylic oxidation sites excluding steroid dienone is 6. The van der Waals surface area contributed by atoms with Gasteiger partial charge in [0.05, 0.1) is 26.4 Å². The van der Waals surface area contributed by atoms with Gasteiger partial charge in [0, 0.05) is 37.8 Å². The Morgan fingerprint density at radius 1 is 0.581 bits per heavy atom. The van der Waals surface area contributed by atoms with Crippen LogP contribution in [0.3, 0.4) is 0 Å². The minimum Gasteiger partial charge on any atom is -0.498 e. The van der Waals surface area contributed by atoms with E-state index in [0.29, 0.717) is 51.1 Å². The molecule has 0 bridgehead atoms. The molecule has 0 aromatic carbocycles. The summed E-state index contributed by atoms with van der Waals surface area (Å²) in [5.41, 5.74) is 0. The molecular weight excluding hydrogens is 771 g/mol. The summed E-state index contributed by atoms with van der Waals surface area (Å²) in [7, 11) is 4.19. The van der Waals surface area contributed by atoms with E-state index >= 15 is 0 Å². The molecule has 1 rings (SSSR count). The van der Waals surface area contributed by atoms with Crippen LogP contribution in [0.15, 0.2) is 48.0 Å². The maximum Gasteiger partial charge on any atom is 0.306 e. The van der Waals surface area contributed by atoms with E-state index in [1.165, 1.54) is 128 Å². The molecule has 7 nitrogen and oxygen atoms in total. The molecule has 0 aromatic rings. The predicted molar refractivity (Wildman–Crippen MR) is 263 cm³/mol. The third-order valence-corrected chi connectivity index (χ3v) is 11.9. The van der Waals surface area contributed by atoms with Crippen LogP contribution < -0.4 is 0 Å². The van der Waals surface area contributed by atoms with Gasteiger partial charge in [-0.3, -0.25) is 9.59 Å². The fraction of sp³-hybridized carbons (Fsp3) is 0.818. The van der Waals surface area contributed by atoms with E-state index in [1.807, 2.05) is 6.08 Å². The number of esters is 2. The van der Waals surface area contributed by atoms with E-state index in [2.05, 4.69) is 70.1 Å². The zero-order chi connectivity index (χ0) is 45.0. The average molecular weight is 870 g/mol. The first-order valence-electron chi connectivity index (χ1n) is 26.3. The van der Waals surface area contributed by atoms with Crippen LogP contribution in [0.5, 0.6) is 0 Å². The Hall–Kier alpha value is -2.54. The van der Waals surface area contributed by atoms with Crippen LogP contribution >= 0.6 is 0 Å². The number of hydrogen-bond donors (Lipinski definition) is 0. The predicted octanol–water partition coefficient (Wildman–Crippen LogP) is 15.7. The maximum atomic E-state index is 12.8. The Labute approximate surface area is 383 Å². The fourth-order valence-corrected chi connectivity index (χ4v) is 8.17. The lowest BCUT2D eigenvalue weighted by Crippen LogP contribution is -2.23. The molecule has 0 heterocycles. The Balaban J connectivity index is 2.24. The molecule has 0 aliphatic heterocycles. The second kappa shape index (κ2) is 43.7. The van der Waals surface area contributed by atoms with Crippen LogP contribution in [0.4, 0.5) is 0 Å². The third kappa shape index (κ3) is 38.0. The van der Waals surface area contributed by atoms with Crippen molar-refractivity contribution in [3.63, 3.8) is 0 Å². The number of nitrogens with zero attached hydrogens (tertiary/aromatic N) is 1. The molecule has 0 fully saturated rings. The molecule has 1 atom stereocenters. The second-order valence-electron chi connectivity index (χ2n) is 18.5. The first kappa shape index (κ1) is 57.5. The molecular formula is C55H99NO6. The summed E-state index contributed by atoms with van der Waals surface area (Å²) in [4.78, 5) is 27.3. The molecule has 0 aromatic heterocycles. The van der Waals surface area contributed by atoms with Crippen LogP contribution in [0.1, 0.15) is 233 Å². The topological polar surface area (TPSA) is 74.3 Å². The summed E-state index contributed by atoms with van der Waals surface area (Å²) in [6.07, 6.45) is 50.9. The molecule has 62 heavy (non-hydrogen) atoms. The smallest absolute Gasteiger partial charge is 0.306 e. The Bertz CT molecular complexity index is 1140. The van der Waals surface area contributed by atoms with Gasteiger partial charge in [0.2, 0.25) is 0 Å². The van der Waals surface area contributed by atoms with E-state index in [-0.39, 0.29) is 11.9 Å². The van der Waals surface area contributed by atoms with Gasteiger partial charge in [-0.05, 0) is 103 Å². The van der Waals surface area contributed by atoms with E-state index in [9.17, 15) is 9.59 Å². The highest BCUT2D eigenvalue weighted by atomic mass is 16.5. The Kier molecular flexibility index (Phi) is 40.5. The summed E-state index contributed by atoms with van der Waals surface area (Å²) in [5.74, 6) is 2.48. The minimum absolute atomic E-state index is 0.0279. The van der Waals surface area contributed by atoms with Gasteiger partial charge in [0.15, 0.2) is 0 Å². The first-order valence-corrected chi connectivity index (χ1v) is 26.3. The van der Waals surface area contributed by atoms with Gasteiger partial charge in [-0.25, -0.2) is 0 Å². The molecule has 1 unspecified atom stereocenters. The Morgan fingerprint density at radius 3 is 1.65 bits per heavy atom. The minimum atomic E-state index is -0.0786. The summed E-state index contributed by atoms with van der Waals surface area (Å²) < 4.78 is 23.6. The maximum absolute atomic E-state index is 12.8. The lowest BCUT2D eigenvalue weighted by molar-refractivity contribution is -0.145. The lowest BCUT2D eigenvalue weighted by atomic mass is 9.91. The lowest BCUT2D eigenvalue weighted by Gasteiger charge is -2.24. The van der Waals surface area contributed by atoms with Crippen LogP contribution in [0.2, 0.25) is 0 Å². The van der Waals surface area contributed by atoms with Crippen molar-refractivity contribution in [3.8, 4) is 0 Å². The van der Waals surface area contributed by atoms with Crippen molar-refractivity contribution < 1.29 is 28.5 Å². The van der Waals surface area contributed by atoms with E-state index in [4.69, 9.17) is 18.9 Å². The third-order valence-electron chi connectivity index (χ3n) is 11.9. The van der Waals surface area contributed by atoms with Gasteiger partial charge in [-0.1, -0.05) is 161 Å². The highest BCUT2D eigenvalue weighted by molar-refractivity contribution is 5.69. The highest BCUT2D eigenvalue weighted by Gasteiger charge is 2.19. The highest BCUT2D eigenvalue weighted by Crippen LogP contribution is 2.26. The number of unbranched alkanes of at least 4 members (excludes halogenated alkanes) is 21. The molecule has 0 spiro atoms. The quantitative estimate of drug-likeness (QED) is 0.0343. The monoisotopic (exact) mass is 870 g/mol. The van der Waals surface area contributed by atoms with Crippen molar-refractivity contribution >= 4 is 11.9 Å². The number of carbonyl (C=O) groups excluding carboxylic acids is 2. The molecule has 0 radical (unpaired) electrons. The van der Waals surface area contributed by atoms with Gasteiger partial charge in [-0.2, -0.15) is 0 Å². The second-order valence-corrected chi connectivity index (χ2v) is 18.5. The largest absolute Gasteiger partial charge is 0.498 e. The molecule has 1 aliphatic carbocycles. The molecule has 7 heteroatoms. The number of rotatable bonds is 45. The fourth-order valence-electron chi connectivity index (χ4n) is 8.17. The summed E-state index contributed by atoms with van der Waals surface area (Å²) in [6, 6.07) is 0. The van der Waals surface area contributed by atoms with Crippen LogP contribution in [0, 0.1) is 11.8 Å². The van der Waals surface area contributed by atoms with Crippen molar-refractivity contribution in [1.82, 2.24) is 4.90 Å². The molecule has 0 saturated heterocycles. The van der Waals surface area contributed by atoms with Crippen molar-refractivity contribution in [1.29, 1.82) is 0 Å². The SMILES string of the molecule is CCCCCC/C=C\C/C=C\CCCCCCCC(=O)OCCCCOC1=CC(OCCCCOC(=O)CC(CCCCCCCC)CCCCCCCC)=CC(CN(C)C)C1. The van der Waals surface area contributed by atoms with Gasteiger partial charge < -0.3 is 23.8 Å². The van der Waals surface area contributed by atoms with Crippen LogP contribution in [-0.4, -0.2) is 63.9 Å².